The maximum Gasteiger partial charge on any atom is 2.00 e. The van der Waals surface area contributed by atoms with E-state index >= 15 is 0 Å². The number of fused-ring (bicyclic) bond motifs is 2. The molecule has 234 valence electrons. The van der Waals surface area contributed by atoms with Gasteiger partial charge in [0, 0.05) is 0 Å². The van der Waals surface area contributed by atoms with Gasteiger partial charge in [-0.15, -0.1) is 83.5 Å². The minimum Gasteiger partial charge on any atom is -0.168 e. The Kier molecular flexibility index (Phi) is 12.9. The average Bonchev–Trinajstić information content (AvgIpc) is 3.72. The smallest absolute Gasteiger partial charge is 0.168 e. The van der Waals surface area contributed by atoms with Gasteiger partial charge in [-0.3, -0.25) is 0 Å². The van der Waals surface area contributed by atoms with Gasteiger partial charge in [0.2, 0.25) is 0 Å². The summed E-state index contributed by atoms with van der Waals surface area (Å²) >= 11 is 0. The molecule has 0 aliphatic carbocycles. The number of aryl methyl sites for hydroxylation is 4. The van der Waals surface area contributed by atoms with E-state index in [-0.39, 0.29) is 21.7 Å². The molecule has 0 heterocycles. The van der Waals surface area contributed by atoms with Crippen molar-refractivity contribution in [1.82, 2.24) is 0 Å². The average molecular weight is 673 g/mol. The van der Waals surface area contributed by atoms with Gasteiger partial charge in [0.05, 0.1) is 0 Å². The van der Waals surface area contributed by atoms with E-state index in [0.29, 0.717) is 0 Å². The molecule has 1 atom stereocenters. The molecular formula is C46H41PTi. The summed E-state index contributed by atoms with van der Waals surface area (Å²) in [5.41, 5.74) is 8.16. The van der Waals surface area contributed by atoms with Crippen molar-refractivity contribution in [3.8, 4) is 11.1 Å². The summed E-state index contributed by atoms with van der Waals surface area (Å²) in [4.78, 5) is 0. The van der Waals surface area contributed by atoms with E-state index in [2.05, 4.69) is 196 Å². The Balaban J connectivity index is 0.000000140. The second-order valence-electron chi connectivity index (χ2n) is 12.0. The SMILES string of the molecule is Cc1cc2c(-c3ccccc3)cccc2[cH-]1.Cc1ccccc1P[c-]1ccc2ccccc21.[Ti+2].c1ccc(CCc2ccccc2)cc1. The molecule has 0 spiro atoms. The van der Waals surface area contributed by atoms with Crippen LogP contribution in [0.1, 0.15) is 22.3 Å². The first-order valence-electron chi connectivity index (χ1n) is 16.4. The zero-order valence-electron chi connectivity index (χ0n) is 27.7. The van der Waals surface area contributed by atoms with Gasteiger partial charge in [0.1, 0.15) is 0 Å². The molecule has 0 N–H and O–H groups in total. The molecule has 0 fully saturated rings. The Labute approximate surface area is 302 Å². The minimum absolute atomic E-state index is 0. The Morgan fingerprint density at radius 3 is 1.81 bits per heavy atom. The topological polar surface area (TPSA) is 0 Å². The molecule has 0 amide bonds. The quantitative estimate of drug-likeness (QED) is 0.0937. The van der Waals surface area contributed by atoms with Crippen molar-refractivity contribution in [3.63, 3.8) is 0 Å². The summed E-state index contributed by atoms with van der Waals surface area (Å²) in [6.07, 6.45) is 2.26. The van der Waals surface area contributed by atoms with Gasteiger partial charge >= 0.3 is 21.7 Å². The number of benzene rings is 6. The van der Waals surface area contributed by atoms with Crippen LogP contribution in [0.25, 0.3) is 32.7 Å². The fraction of sp³-hybridized carbons (Fsp3) is 0.0870. The molecule has 2 heteroatoms. The van der Waals surface area contributed by atoms with Gasteiger partial charge in [0.25, 0.3) is 0 Å². The second kappa shape index (κ2) is 17.7. The molecule has 0 aliphatic heterocycles. The molecule has 8 aromatic carbocycles. The van der Waals surface area contributed by atoms with Crippen LogP contribution in [0, 0.1) is 13.8 Å². The van der Waals surface area contributed by atoms with Crippen molar-refractivity contribution in [2.24, 2.45) is 0 Å². The molecule has 0 saturated carbocycles. The molecule has 0 aliphatic rings. The monoisotopic (exact) mass is 672 g/mol. The van der Waals surface area contributed by atoms with E-state index in [9.17, 15) is 0 Å². The van der Waals surface area contributed by atoms with Crippen LogP contribution < -0.4 is 10.6 Å². The third-order valence-electron chi connectivity index (χ3n) is 8.46. The molecule has 0 nitrogen and oxygen atoms in total. The Hall–Kier alpha value is -4.32. The summed E-state index contributed by atoms with van der Waals surface area (Å²) in [6.45, 7) is 4.34. The summed E-state index contributed by atoms with van der Waals surface area (Å²) in [5, 5.41) is 8.33. The molecule has 0 saturated heterocycles. The van der Waals surface area contributed by atoms with Gasteiger partial charge in [-0.25, -0.2) is 0 Å². The summed E-state index contributed by atoms with van der Waals surface area (Å²) < 4.78 is 0. The van der Waals surface area contributed by atoms with Crippen LogP contribution in [0.3, 0.4) is 0 Å². The number of rotatable bonds is 6. The zero-order valence-corrected chi connectivity index (χ0v) is 30.3. The maximum absolute atomic E-state index is 2.26. The first kappa shape index (κ1) is 35.0. The molecule has 1 unspecified atom stereocenters. The Morgan fingerprint density at radius 2 is 1.15 bits per heavy atom. The first-order valence-corrected chi connectivity index (χ1v) is 17.4. The fourth-order valence-corrected chi connectivity index (χ4v) is 7.23. The Morgan fingerprint density at radius 1 is 0.562 bits per heavy atom. The minimum atomic E-state index is 0. The second-order valence-corrected chi connectivity index (χ2v) is 13.3. The van der Waals surface area contributed by atoms with Crippen LogP contribution in [0.5, 0.6) is 0 Å². The zero-order chi connectivity index (χ0) is 32.3. The van der Waals surface area contributed by atoms with Crippen LogP contribution in [0.2, 0.25) is 0 Å². The normalized spacial score (nSPS) is 10.6. The van der Waals surface area contributed by atoms with Gasteiger partial charge in [-0.2, -0.15) is 12.1 Å². The molecule has 0 bridgehead atoms. The summed E-state index contributed by atoms with van der Waals surface area (Å²) in [6, 6.07) is 64.5. The van der Waals surface area contributed by atoms with Crippen molar-refractivity contribution in [3.05, 3.63) is 204 Å². The largest absolute Gasteiger partial charge is 2.00 e. The van der Waals surface area contributed by atoms with Crippen LogP contribution in [0.4, 0.5) is 0 Å². The van der Waals surface area contributed by atoms with Crippen molar-refractivity contribution in [1.29, 1.82) is 0 Å². The van der Waals surface area contributed by atoms with E-state index in [0.717, 1.165) is 21.4 Å². The van der Waals surface area contributed by atoms with E-state index in [1.165, 1.54) is 65.5 Å². The van der Waals surface area contributed by atoms with Gasteiger partial charge < -0.3 is 0 Å². The standard InChI is InChI=1S/C16H14P.C16H13.C14H14.Ti/c1-12-6-2-5-9-15(12)17-16-11-10-13-7-3-4-8-14(13)16;1-12-10-14-8-5-9-15(16(14)11-12)13-6-3-2-4-7-13;1-3-7-13(8-4-1)11-12-14-9-5-2-6-10-14;/h2-11,17H,1H3;2-11H,1H3;1-10H,11-12H2;/q2*-1;;+2. The predicted octanol–water partition coefficient (Wildman–Crippen LogP) is 11.5. The van der Waals surface area contributed by atoms with Crippen LogP contribution in [0.15, 0.2) is 182 Å². The van der Waals surface area contributed by atoms with Crippen molar-refractivity contribution in [2.75, 3.05) is 0 Å². The molecule has 0 aromatic heterocycles. The summed E-state index contributed by atoms with van der Waals surface area (Å²) in [7, 11) is 0.754. The van der Waals surface area contributed by atoms with Crippen molar-refractivity contribution >= 4 is 40.7 Å². The molecular weight excluding hydrogens is 631 g/mol. The number of hydrogen-bond donors (Lipinski definition) is 0. The van der Waals surface area contributed by atoms with Crippen LogP contribution in [-0.2, 0) is 34.6 Å². The van der Waals surface area contributed by atoms with Gasteiger partial charge in [-0.1, -0.05) is 140 Å². The molecule has 0 radical (unpaired) electrons. The molecule has 48 heavy (non-hydrogen) atoms. The van der Waals surface area contributed by atoms with E-state index < -0.39 is 0 Å². The third kappa shape index (κ3) is 9.40. The summed E-state index contributed by atoms with van der Waals surface area (Å²) in [5.74, 6) is 0. The van der Waals surface area contributed by atoms with Crippen molar-refractivity contribution < 1.29 is 21.7 Å². The van der Waals surface area contributed by atoms with E-state index in [1.807, 2.05) is 0 Å². The first-order chi connectivity index (χ1) is 23.1. The fourth-order valence-electron chi connectivity index (χ4n) is 5.95. The predicted molar refractivity (Wildman–Crippen MR) is 208 cm³/mol. The van der Waals surface area contributed by atoms with Crippen LogP contribution >= 0.6 is 8.58 Å². The van der Waals surface area contributed by atoms with Gasteiger partial charge in [-0.05, 0) is 47.3 Å². The molecule has 8 aromatic rings. The molecule has 8 rings (SSSR count). The van der Waals surface area contributed by atoms with Gasteiger partial charge in [0.15, 0.2) is 0 Å². The maximum atomic E-state index is 2.26. The third-order valence-corrected chi connectivity index (χ3v) is 10.00. The van der Waals surface area contributed by atoms with Crippen LogP contribution in [-0.4, -0.2) is 0 Å². The number of hydrogen-bond acceptors (Lipinski definition) is 0. The van der Waals surface area contributed by atoms with Crippen molar-refractivity contribution in [2.45, 2.75) is 26.7 Å². The van der Waals surface area contributed by atoms with E-state index in [4.69, 9.17) is 0 Å². The Bertz CT molecular complexity index is 2080. The van der Waals surface area contributed by atoms with E-state index in [1.54, 1.807) is 0 Å².